The molecule has 0 fully saturated rings. The van der Waals surface area contributed by atoms with Crippen molar-refractivity contribution in [1.82, 2.24) is 0 Å². The van der Waals surface area contributed by atoms with Gasteiger partial charge in [0.1, 0.15) is 17.2 Å². The van der Waals surface area contributed by atoms with E-state index in [1.807, 2.05) is 109 Å². The van der Waals surface area contributed by atoms with E-state index in [0.29, 0.717) is 56.3 Å². The van der Waals surface area contributed by atoms with E-state index in [-0.39, 0.29) is 0 Å². The smallest absolute Gasteiger partial charge is 0.474 e. The van der Waals surface area contributed by atoms with Gasteiger partial charge in [0.05, 0.1) is 74.5 Å². The van der Waals surface area contributed by atoms with E-state index in [0.717, 1.165) is 147 Å². The molecular formula is C69H84N3O7P. The minimum Gasteiger partial charge on any atom is -0.494 e. The van der Waals surface area contributed by atoms with Crippen LogP contribution in [0, 0.1) is 34.0 Å². The van der Waals surface area contributed by atoms with Crippen LogP contribution in [-0.2, 0) is 18.1 Å². The number of unbranched alkanes of at least 4 members (excludes halogenated alkanes) is 21. The highest BCUT2D eigenvalue weighted by Gasteiger charge is 2.26. The molecule has 0 saturated heterocycles. The second-order valence-electron chi connectivity index (χ2n) is 20.6. The Morgan fingerprint density at radius 2 is 0.425 bits per heavy atom. The maximum absolute atomic E-state index is 13.8. The lowest BCUT2D eigenvalue weighted by Gasteiger charge is -2.18. The highest BCUT2D eigenvalue weighted by molar-refractivity contribution is 7.48. The Hall–Kier alpha value is -6.70. The van der Waals surface area contributed by atoms with Crippen molar-refractivity contribution in [3.8, 4) is 68.8 Å². The summed E-state index contributed by atoms with van der Waals surface area (Å²) in [5.74, 6) is 2.63. The maximum atomic E-state index is 13.8. The Balaban J connectivity index is 0.777. The van der Waals surface area contributed by atoms with E-state index in [4.69, 9.17) is 43.6 Å². The zero-order chi connectivity index (χ0) is 56.0. The van der Waals surface area contributed by atoms with Crippen LogP contribution >= 0.6 is 7.82 Å². The van der Waals surface area contributed by atoms with Crippen LogP contribution in [0.25, 0.3) is 33.4 Å². The lowest BCUT2D eigenvalue weighted by atomic mass is 10.0. The zero-order valence-electron chi connectivity index (χ0n) is 47.2. The number of phosphoric ester groups is 1. The zero-order valence-corrected chi connectivity index (χ0v) is 48.1. The topological polar surface area (TPSA) is 144 Å². The van der Waals surface area contributed by atoms with Gasteiger partial charge < -0.3 is 14.2 Å². The minimum absolute atomic E-state index is 0.373. The van der Waals surface area contributed by atoms with Gasteiger partial charge in [0.25, 0.3) is 0 Å². The van der Waals surface area contributed by atoms with Crippen LogP contribution in [0.5, 0.6) is 17.2 Å². The van der Waals surface area contributed by atoms with E-state index in [1.165, 1.54) is 57.8 Å². The Kier molecular flexibility index (Phi) is 29.7. The molecule has 11 heteroatoms. The number of nitriles is 3. The first-order valence-corrected chi connectivity index (χ1v) is 31.1. The van der Waals surface area contributed by atoms with Crippen LogP contribution in [0.1, 0.15) is 171 Å². The van der Waals surface area contributed by atoms with Gasteiger partial charge in [-0.3, -0.25) is 13.6 Å². The summed E-state index contributed by atoms with van der Waals surface area (Å²) in [6.07, 6.45) is 26.0. The molecule has 0 unspecified atom stereocenters. The molecule has 6 rings (SSSR count). The van der Waals surface area contributed by atoms with Gasteiger partial charge in [0, 0.05) is 0 Å². The van der Waals surface area contributed by atoms with Crippen molar-refractivity contribution in [2.24, 2.45) is 0 Å². The first-order chi connectivity index (χ1) is 39.4. The molecule has 0 spiro atoms. The van der Waals surface area contributed by atoms with Crippen LogP contribution in [0.2, 0.25) is 0 Å². The van der Waals surface area contributed by atoms with Gasteiger partial charge in [0.2, 0.25) is 0 Å². The lowest BCUT2D eigenvalue weighted by Crippen LogP contribution is -2.04. The van der Waals surface area contributed by atoms with Crippen molar-refractivity contribution in [3.63, 3.8) is 0 Å². The monoisotopic (exact) mass is 1100 g/mol. The molecule has 0 aliphatic heterocycles. The number of rotatable bonds is 42. The molecule has 0 radical (unpaired) electrons. The fraction of sp³-hybridized carbons (Fsp3) is 0.435. The van der Waals surface area contributed by atoms with Crippen molar-refractivity contribution in [2.75, 3.05) is 39.6 Å². The lowest BCUT2D eigenvalue weighted by molar-refractivity contribution is 0.108. The number of hydrogen-bond acceptors (Lipinski definition) is 10. The molecule has 422 valence electrons. The molecule has 10 nitrogen and oxygen atoms in total. The number of nitrogens with zero attached hydrogens (tertiary/aromatic N) is 3. The van der Waals surface area contributed by atoms with Crippen LogP contribution in [0.3, 0.4) is 0 Å². The van der Waals surface area contributed by atoms with Crippen LogP contribution in [-0.4, -0.2) is 39.6 Å². The summed E-state index contributed by atoms with van der Waals surface area (Å²) >= 11 is 0. The minimum atomic E-state index is -3.64. The first-order valence-electron chi connectivity index (χ1n) is 29.7. The van der Waals surface area contributed by atoms with Gasteiger partial charge in [0.15, 0.2) is 0 Å². The molecule has 0 aliphatic carbocycles. The molecule has 0 bridgehead atoms. The summed E-state index contributed by atoms with van der Waals surface area (Å²) in [7, 11) is -3.64. The number of phosphoric acid groups is 1. The first kappa shape index (κ1) is 62.5. The molecule has 6 aromatic carbocycles. The number of hydrogen-bond donors (Lipinski definition) is 0. The van der Waals surface area contributed by atoms with Crippen molar-refractivity contribution in [3.05, 3.63) is 162 Å². The molecule has 0 amide bonds. The van der Waals surface area contributed by atoms with Crippen LogP contribution < -0.4 is 14.2 Å². The van der Waals surface area contributed by atoms with E-state index in [1.54, 1.807) is 0 Å². The molecule has 0 atom stereocenters. The maximum Gasteiger partial charge on any atom is 0.474 e. The van der Waals surface area contributed by atoms with Crippen LogP contribution in [0.15, 0.2) is 146 Å². The number of ether oxygens (including phenoxy) is 3. The highest BCUT2D eigenvalue weighted by atomic mass is 31.2. The third-order valence-electron chi connectivity index (χ3n) is 14.3. The van der Waals surface area contributed by atoms with Gasteiger partial charge in [-0.2, -0.15) is 15.8 Å². The third-order valence-corrected chi connectivity index (χ3v) is 15.8. The SMILES string of the molecule is N#Cc1ccc(-c2ccc(OCCCCCCCCCCOP(=O)(OCCCCCCCCCCOc3ccc(-c4ccc(C#N)cc4)cc3)OCCCCCCCCCCOc3ccc(-c4ccc(C#N)cc4)cc3)cc2)cc1. The summed E-state index contributed by atoms with van der Waals surface area (Å²) in [6.45, 7) is 3.23. The van der Waals surface area contributed by atoms with Gasteiger partial charge in [-0.25, -0.2) is 4.57 Å². The Morgan fingerprint density at radius 3 is 0.625 bits per heavy atom. The van der Waals surface area contributed by atoms with Gasteiger partial charge in [-0.05, 0) is 145 Å². The quantitative estimate of drug-likeness (QED) is 0.0268. The third kappa shape index (κ3) is 24.8. The average Bonchev–Trinajstić information content (AvgIpc) is 3.51. The molecule has 80 heavy (non-hydrogen) atoms. The van der Waals surface area contributed by atoms with Crippen molar-refractivity contribution in [2.45, 2.75) is 154 Å². The Bertz CT molecular complexity index is 2480. The van der Waals surface area contributed by atoms with Gasteiger partial charge >= 0.3 is 7.82 Å². The second kappa shape index (κ2) is 38.0. The summed E-state index contributed by atoms with van der Waals surface area (Å²) in [5, 5.41) is 27.2. The fourth-order valence-corrected chi connectivity index (χ4v) is 10.7. The van der Waals surface area contributed by atoms with Gasteiger partial charge in [-0.15, -0.1) is 0 Å². The van der Waals surface area contributed by atoms with E-state index in [9.17, 15) is 4.57 Å². The molecule has 6 aromatic rings. The highest BCUT2D eigenvalue weighted by Crippen LogP contribution is 2.50. The normalized spacial score (nSPS) is 11.2. The molecule has 0 heterocycles. The fourth-order valence-electron chi connectivity index (χ4n) is 9.45. The molecular weight excluding hydrogens is 1010 g/mol. The van der Waals surface area contributed by atoms with E-state index >= 15 is 0 Å². The van der Waals surface area contributed by atoms with Crippen molar-refractivity contribution in [1.29, 1.82) is 15.8 Å². The van der Waals surface area contributed by atoms with Gasteiger partial charge in [-0.1, -0.05) is 188 Å². The van der Waals surface area contributed by atoms with E-state index in [2.05, 4.69) is 54.6 Å². The second-order valence-corrected chi connectivity index (χ2v) is 22.3. The molecule has 0 aliphatic rings. The number of benzene rings is 6. The molecule has 0 saturated carbocycles. The summed E-state index contributed by atoms with van der Waals surface area (Å²) < 4.78 is 49.6. The predicted molar refractivity (Wildman–Crippen MR) is 323 cm³/mol. The summed E-state index contributed by atoms with van der Waals surface area (Å²) in [4.78, 5) is 0. The largest absolute Gasteiger partial charge is 0.494 e. The Labute approximate surface area is 478 Å². The summed E-state index contributed by atoms with van der Waals surface area (Å²) in [5.41, 5.74) is 8.54. The van der Waals surface area contributed by atoms with Crippen molar-refractivity contribution < 1.29 is 32.3 Å². The molecule has 0 N–H and O–H groups in total. The summed E-state index contributed by atoms with van der Waals surface area (Å²) in [6, 6.07) is 53.8. The van der Waals surface area contributed by atoms with Crippen molar-refractivity contribution >= 4 is 7.82 Å². The predicted octanol–water partition coefficient (Wildman–Crippen LogP) is 19.4. The standard InChI is InChI=1S/C69H84N3O7P/c70-55-58-25-31-61(32-26-58)64-37-43-67(44-38-64)74-49-19-13-7-1-4-10-16-22-52-77-80(73,78-53-23-17-11-5-2-8-14-20-50-75-68-45-39-65(40-46-68)62-33-27-59(56-71)28-34-62)79-54-24-18-12-6-3-9-15-21-51-76-69-47-41-66(42-48-69)63-35-29-60(57-72)30-36-63/h25-48H,1-24,49-54H2. The average molecular weight is 1100 g/mol. The Morgan fingerprint density at radius 1 is 0.250 bits per heavy atom. The molecule has 0 aromatic heterocycles. The van der Waals surface area contributed by atoms with Crippen LogP contribution in [0.4, 0.5) is 0 Å². The van der Waals surface area contributed by atoms with E-state index < -0.39 is 7.82 Å².